The molecular formula is C28H25N3O4S. The van der Waals surface area contributed by atoms with Crippen molar-refractivity contribution in [3.63, 3.8) is 0 Å². The van der Waals surface area contributed by atoms with Crippen LogP contribution in [0.25, 0.3) is 28.0 Å². The van der Waals surface area contributed by atoms with E-state index in [9.17, 15) is 4.79 Å². The number of para-hydroxylation sites is 1. The molecule has 0 spiro atoms. The van der Waals surface area contributed by atoms with Crippen LogP contribution in [0.15, 0.2) is 87.2 Å². The van der Waals surface area contributed by atoms with Gasteiger partial charge in [0.1, 0.15) is 17.3 Å². The van der Waals surface area contributed by atoms with Crippen molar-refractivity contribution in [1.29, 1.82) is 0 Å². The third kappa shape index (κ3) is 4.72. The van der Waals surface area contributed by atoms with Gasteiger partial charge in [0.25, 0.3) is 5.56 Å². The Morgan fingerprint density at radius 3 is 2.39 bits per heavy atom. The van der Waals surface area contributed by atoms with Crippen molar-refractivity contribution >= 4 is 22.7 Å². The highest BCUT2D eigenvalue weighted by molar-refractivity contribution is 7.98. The first-order valence-corrected chi connectivity index (χ1v) is 12.5. The number of hydrogen-bond donors (Lipinski definition) is 0. The highest BCUT2D eigenvalue weighted by Gasteiger charge is 2.17. The van der Waals surface area contributed by atoms with Crippen molar-refractivity contribution in [3.05, 3.63) is 94.6 Å². The molecule has 0 aliphatic carbocycles. The van der Waals surface area contributed by atoms with E-state index < -0.39 is 0 Å². The van der Waals surface area contributed by atoms with Crippen LogP contribution in [0.4, 0.5) is 0 Å². The topological polar surface area (TPSA) is 79.4 Å². The van der Waals surface area contributed by atoms with E-state index in [0.717, 1.165) is 34.2 Å². The second-order valence-electron chi connectivity index (χ2n) is 8.02. The average molecular weight is 500 g/mol. The van der Waals surface area contributed by atoms with Gasteiger partial charge in [0, 0.05) is 11.3 Å². The zero-order valence-corrected chi connectivity index (χ0v) is 21.0. The third-order valence-corrected chi connectivity index (χ3v) is 6.67. The molecule has 0 amide bonds. The van der Waals surface area contributed by atoms with Gasteiger partial charge in [0.2, 0.25) is 5.89 Å². The Kier molecular flexibility index (Phi) is 6.77. The molecule has 36 heavy (non-hydrogen) atoms. The Hall–Kier alpha value is -4.04. The van der Waals surface area contributed by atoms with E-state index in [-0.39, 0.29) is 5.56 Å². The summed E-state index contributed by atoms with van der Waals surface area (Å²) in [6.07, 6.45) is 0. The molecule has 8 heteroatoms. The van der Waals surface area contributed by atoms with Gasteiger partial charge in [-0.25, -0.2) is 9.97 Å². The molecule has 0 aliphatic heterocycles. The summed E-state index contributed by atoms with van der Waals surface area (Å²) in [6, 6.07) is 22.4. The van der Waals surface area contributed by atoms with E-state index in [4.69, 9.17) is 23.9 Å². The third-order valence-electron chi connectivity index (χ3n) is 5.72. The number of rotatable bonds is 8. The van der Waals surface area contributed by atoms with Gasteiger partial charge in [0.15, 0.2) is 5.16 Å². The van der Waals surface area contributed by atoms with E-state index in [1.807, 2.05) is 80.6 Å². The summed E-state index contributed by atoms with van der Waals surface area (Å²) in [5, 5.41) is 1.14. The number of aryl methyl sites for hydroxylation is 1. The fourth-order valence-electron chi connectivity index (χ4n) is 3.85. The van der Waals surface area contributed by atoms with Gasteiger partial charge in [-0.2, -0.15) is 0 Å². The highest BCUT2D eigenvalue weighted by atomic mass is 32.2. The largest absolute Gasteiger partial charge is 0.497 e. The second-order valence-corrected chi connectivity index (χ2v) is 8.96. The number of ether oxygens (including phenoxy) is 2. The van der Waals surface area contributed by atoms with Crippen LogP contribution in [0.3, 0.4) is 0 Å². The average Bonchev–Trinajstić information content (AvgIpc) is 3.29. The van der Waals surface area contributed by atoms with Crippen molar-refractivity contribution in [1.82, 2.24) is 14.5 Å². The normalized spacial score (nSPS) is 11.1. The van der Waals surface area contributed by atoms with Crippen molar-refractivity contribution in [3.8, 4) is 28.6 Å². The number of fused-ring (bicyclic) bond motifs is 1. The monoisotopic (exact) mass is 499 g/mol. The maximum absolute atomic E-state index is 13.5. The molecule has 0 N–H and O–H groups in total. The smallest absolute Gasteiger partial charge is 0.266 e. The van der Waals surface area contributed by atoms with Crippen LogP contribution < -0.4 is 15.0 Å². The molecule has 0 saturated heterocycles. The Bertz CT molecular complexity index is 1560. The summed E-state index contributed by atoms with van der Waals surface area (Å²) < 4.78 is 18.4. The molecule has 2 aromatic heterocycles. The van der Waals surface area contributed by atoms with Crippen LogP contribution >= 0.6 is 11.8 Å². The molecule has 2 heterocycles. The molecule has 0 fully saturated rings. The number of thioether (sulfide) groups is 1. The minimum atomic E-state index is -0.122. The first-order valence-electron chi connectivity index (χ1n) is 11.6. The van der Waals surface area contributed by atoms with Crippen LogP contribution in [0.5, 0.6) is 11.5 Å². The number of nitrogens with zero attached hydrogens (tertiary/aromatic N) is 3. The van der Waals surface area contributed by atoms with Crippen LogP contribution in [-0.4, -0.2) is 28.3 Å². The molecule has 0 aliphatic rings. The van der Waals surface area contributed by atoms with Gasteiger partial charge < -0.3 is 13.9 Å². The molecule has 0 bridgehead atoms. The lowest BCUT2D eigenvalue weighted by Gasteiger charge is -2.13. The fourth-order valence-corrected chi connectivity index (χ4v) is 4.86. The van der Waals surface area contributed by atoms with Crippen molar-refractivity contribution < 1.29 is 13.9 Å². The maximum atomic E-state index is 13.5. The van der Waals surface area contributed by atoms with Crippen molar-refractivity contribution in [2.24, 2.45) is 0 Å². The summed E-state index contributed by atoms with van der Waals surface area (Å²) in [5.41, 5.74) is 2.92. The Morgan fingerprint density at radius 1 is 0.944 bits per heavy atom. The maximum Gasteiger partial charge on any atom is 0.266 e. The second kappa shape index (κ2) is 10.3. The molecule has 182 valence electrons. The molecule has 7 nitrogen and oxygen atoms in total. The predicted octanol–water partition coefficient (Wildman–Crippen LogP) is 6.05. The molecule has 0 saturated carbocycles. The van der Waals surface area contributed by atoms with Crippen LogP contribution in [-0.2, 0) is 5.75 Å². The first-order chi connectivity index (χ1) is 17.6. The van der Waals surface area contributed by atoms with Gasteiger partial charge in [-0.1, -0.05) is 23.9 Å². The van der Waals surface area contributed by atoms with Gasteiger partial charge in [0.05, 0.1) is 36.0 Å². The summed E-state index contributed by atoms with van der Waals surface area (Å²) in [5.74, 6) is 3.28. The van der Waals surface area contributed by atoms with Crippen molar-refractivity contribution in [2.75, 3.05) is 13.7 Å². The molecule has 3 aromatic carbocycles. The summed E-state index contributed by atoms with van der Waals surface area (Å²) in [6.45, 7) is 4.41. The molecule has 0 radical (unpaired) electrons. The standard InChI is InChI=1S/C28H25N3O4S/c1-4-34-22-15-11-20(12-16-22)31-27(32)23-7-5-6-8-24(23)30-28(31)36-17-25-18(2)35-26(29-25)19-9-13-21(33-3)14-10-19/h5-16H,4,17H2,1-3H3. The van der Waals surface area contributed by atoms with E-state index in [0.29, 0.717) is 34.3 Å². The number of methoxy groups -OCH3 is 1. The number of hydrogen-bond acceptors (Lipinski definition) is 7. The quantitative estimate of drug-likeness (QED) is 0.190. The predicted molar refractivity (Wildman–Crippen MR) is 141 cm³/mol. The summed E-state index contributed by atoms with van der Waals surface area (Å²) in [4.78, 5) is 23.0. The molecule has 5 rings (SSSR count). The first kappa shape index (κ1) is 23.7. The Balaban J connectivity index is 1.49. The number of aromatic nitrogens is 3. The lowest BCUT2D eigenvalue weighted by molar-refractivity contribution is 0.340. The zero-order valence-electron chi connectivity index (χ0n) is 20.2. The summed E-state index contributed by atoms with van der Waals surface area (Å²) in [7, 11) is 1.63. The van der Waals surface area contributed by atoms with E-state index in [2.05, 4.69) is 0 Å². The van der Waals surface area contributed by atoms with E-state index >= 15 is 0 Å². The minimum Gasteiger partial charge on any atom is -0.497 e. The van der Waals surface area contributed by atoms with Crippen LogP contribution in [0.2, 0.25) is 0 Å². The van der Waals surface area contributed by atoms with Gasteiger partial charge in [-0.05, 0) is 74.5 Å². The zero-order chi connectivity index (χ0) is 25.1. The lowest BCUT2D eigenvalue weighted by Crippen LogP contribution is -2.21. The minimum absolute atomic E-state index is 0.122. The van der Waals surface area contributed by atoms with E-state index in [1.165, 1.54) is 11.8 Å². The Labute approximate surface area is 212 Å². The van der Waals surface area contributed by atoms with E-state index in [1.54, 1.807) is 17.7 Å². The molecular weight excluding hydrogens is 474 g/mol. The summed E-state index contributed by atoms with van der Waals surface area (Å²) >= 11 is 1.45. The van der Waals surface area contributed by atoms with Crippen LogP contribution in [0.1, 0.15) is 18.4 Å². The van der Waals surface area contributed by atoms with Crippen LogP contribution in [0, 0.1) is 6.92 Å². The van der Waals surface area contributed by atoms with Gasteiger partial charge >= 0.3 is 0 Å². The van der Waals surface area contributed by atoms with Crippen molar-refractivity contribution in [2.45, 2.75) is 24.8 Å². The Morgan fingerprint density at radius 2 is 1.67 bits per heavy atom. The van der Waals surface area contributed by atoms with Gasteiger partial charge in [-0.15, -0.1) is 0 Å². The number of benzene rings is 3. The molecule has 0 unspecified atom stereocenters. The number of oxazole rings is 1. The molecule has 0 atom stereocenters. The SMILES string of the molecule is CCOc1ccc(-n2c(SCc3nc(-c4ccc(OC)cc4)oc3C)nc3ccccc3c2=O)cc1. The molecule has 5 aromatic rings. The fraction of sp³-hybridized carbons (Fsp3) is 0.179. The lowest BCUT2D eigenvalue weighted by atomic mass is 10.2. The highest BCUT2D eigenvalue weighted by Crippen LogP contribution is 2.29. The van der Waals surface area contributed by atoms with Gasteiger partial charge in [-0.3, -0.25) is 9.36 Å².